The van der Waals surface area contributed by atoms with Crippen LogP contribution in [0.25, 0.3) is 0 Å². The molecule has 2 aliphatic rings. The Kier molecular flexibility index (Phi) is 7.88. The van der Waals surface area contributed by atoms with Crippen molar-refractivity contribution in [1.29, 1.82) is 0 Å². The van der Waals surface area contributed by atoms with E-state index < -0.39 is 44.4 Å². The molecule has 2 fully saturated rings. The van der Waals surface area contributed by atoms with Gasteiger partial charge in [-0.3, -0.25) is 9.59 Å². The number of rotatable bonds is 7. The lowest BCUT2D eigenvalue weighted by molar-refractivity contribution is -0.152. The highest BCUT2D eigenvalue weighted by molar-refractivity contribution is 7.89. The van der Waals surface area contributed by atoms with Crippen molar-refractivity contribution >= 4 is 37.6 Å². The average molecular weight is 490 g/mol. The van der Waals surface area contributed by atoms with Crippen LogP contribution in [0.3, 0.4) is 0 Å². The summed E-state index contributed by atoms with van der Waals surface area (Å²) in [6, 6.07) is 5.74. The van der Waals surface area contributed by atoms with E-state index in [4.69, 9.17) is 9.47 Å². The third-order valence-corrected chi connectivity index (χ3v) is 8.56. The first kappa shape index (κ1) is 24.6. The minimum atomic E-state index is -3.62. The van der Waals surface area contributed by atoms with Gasteiger partial charge >= 0.3 is 5.97 Å². The molecule has 0 saturated carbocycles. The minimum absolute atomic E-state index is 0.115. The van der Waals surface area contributed by atoms with Gasteiger partial charge in [0.25, 0.3) is 5.91 Å². The van der Waals surface area contributed by atoms with Gasteiger partial charge in [0.05, 0.1) is 30.3 Å². The molecule has 32 heavy (non-hydrogen) atoms. The smallest absolute Gasteiger partial charge is 0.309 e. The monoisotopic (exact) mass is 489 g/mol. The second-order valence-corrected chi connectivity index (χ2v) is 11.6. The first-order chi connectivity index (χ1) is 15.1. The lowest BCUT2D eigenvalue weighted by Crippen LogP contribution is -2.40. The van der Waals surface area contributed by atoms with Crippen LogP contribution in [0.2, 0.25) is 0 Å². The summed E-state index contributed by atoms with van der Waals surface area (Å²) in [5.74, 6) is -1.55. The molecule has 13 heteroatoms. The first-order valence-corrected chi connectivity index (χ1v) is 13.5. The molecule has 0 spiro atoms. The zero-order valence-corrected chi connectivity index (χ0v) is 19.4. The third kappa shape index (κ3) is 6.25. The van der Waals surface area contributed by atoms with Gasteiger partial charge < -0.3 is 14.8 Å². The maximum Gasteiger partial charge on any atom is 0.309 e. The van der Waals surface area contributed by atoms with Crippen molar-refractivity contribution in [2.75, 3.05) is 57.6 Å². The molecule has 0 bridgehead atoms. The van der Waals surface area contributed by atoms with Gasteiger partial charge in [0.1, 0.15) is 0 Å². The molecule has 0 aliphatic carbocycles. The number of carbonyl (C=O) groups excluding carboxylic acids is 2. The van der Waals surface area contributed by atoms with Crippen molar-refractivity contribution < 1.29 is 35.9 Å². The number of anilines is 1. The van der Waals surface area contributed by atoms with Crippen LogP contribution in [0, 0.1) is 5.92 Å². The largest absolute Gasteiger partial charge is 0.455 e. The molecule has 1 aromatic rings. The van der Waals surface area contributed by atoms with Crippen LogP contribution in [-0.2, 0) is 39.1 Å². The van der Waals surface area contributed by atoms with E-state index in [-0.39, 0.29) is 18.0 Å². The van der Waals surface area contributed by atoms with E-state index >= 15 is 0 Å². The number of nitrogens with zero attached hydrogens (tertiary/aromatic N) is 2. The molecule has 0 radical (unpaired) electrons. The maximum atomic E-state index is 12.6. The van der Waals surface area contributed by atoms with E-state index in [1.807, 2.05) is 0 Å². The molecule has 1 N–H and O–H groups in total. The quantitative estimate of drug-likeness (QED) is 0.522. The first-order valence-electron chi connectivity index (χ1n) is 10.2. The number of hydrogen-bond acceptors (Lipinski definition) is 8. The zero-order chi connectivity index (χ0) is 23.4. The summed E-state index contributed by atoms with van der Waals surface area (Å²) < 4.78 is 61.2. The van der Waals surface area contributed by atoms with Crippen molar-refractivity contribution in [3.63, 3.8) is 0 Å². The summed E-state index contributed by atoms with van der Waals surface area (Å²) in [6.07, 6.45) is 1.81. The van der Waals surface area contributed by atoms with Crippen LogP contribution in [0.1, 0.15) is 12.8 Å². The Morgan fingerprint density at radius 3 is 2.16 bits per heavy atom. The fourth-order valence-electron chi connectivity index (χ4n) is 3.52. The lowest BCUT2D eigenvalue weighted by atomic mass is 9.98. The Bertz CT molecular complexity index is 1030. The number of benzene rings is 1. The number of ether oxygens (including phenoxy) is 2. The van der Waals surface area contributed by atoms with Gasteiger partial charge in [0.15, 0.2) is 6.61 Å². The van der Waals surface area contributed by atoms with Crippen LogP contribution in [0.15, 0.2) is 29.2 Å². The number of nitrogens with one attached hydrogen (secondary N) is 1. The van der Waals surface area contributed by atoms with E-state index in [0.29, 0.717) is 44.8 Å². The van der Waals surface area contributed by atoms with Crippen molar-refractivity contribution in [3.8, 4) is 0 Å². The SMILES string of the molecule is CS(=O)(=O)N1CCC(C(=O)OCC(=O)Nc2ccc(S(=O)(=O)N3CCOCC3)cc2)CC1. The van der Waals surface area contributed by atoms with Gasteiger partial charge in [-0.1, -0.05) is 0 Å². The predicted molar refractivity (Wildman–Crippen MR) is 115 cm³/mol. The highest BCUT2D eigenvalue weighted by atomic mass is 32.2. The minimum Gasteiger partial charge on any atom is -0.455 e. The highest BCUT2D eigenvalue weighted by Gasteiger charge is 2.30. The summed E-state index contributed by atoms with van der Waals surface area (Å²) in [5.41, 5.74) is 0.369. The normalized spacial score (nSPS) is 19.4. The van der Waals surface area contributed by atoms with E-state index in [1.54, 1.807) is 0 Å². The topological polar surface area (TPSA) is 139 Å². The molecule has 11 nitrogen and oxygen atoms in total. The molecule has 178 valence electrons. The molecule has 2 heterocycles. The lowest BCUT2D eigenvalue weighted by Gasteiger charge is -2.28. The van der Waals surface area contributed by atoms with Crippen molar-refractivity contribution in [1.82, 2.24) is 8.61 Å². The Balaban J connectivity index is 1.46. The second kappa shape index (κ2) is 10.3. The van der Waals surface area contributed by atoms with Crippen molar-refractivity contribution in [2.24, 2.45) is 5.92 Å². The van der Waals surface area contributed by atoms with E-state index in [2.05, 4.69) is 5.32 Å². The second-order valence-electron chi connectivity index (χ2n) is 7.63. The highest BCUT2D eigenvalue weighted by Crippen LogP contribution is 2.21. The van der Waals surface area contributed by atoms with Gasteiger partial charge in [0, 0.05) is 31.9 Å². The van der Waals surface area contributed by atoms with Gasteiger partial charge in [0.2, 0.25) is 20.0 Å². The van der Waals surface area contributed by atoms with Crippen LogP contribution in [-0.4, -0.2) is 89.6 Å². The van der Waals surface area contributed by atoms with Gasteiger partial charge in [-0.05, 0) is 37.1 Å². The molecule has 1 amide bonds. The molecule has 3 rings (SSSR count). The number of hydrogen-bond donors (Lipinski definition) is 1. The summed E-state index contributed by atoms with van der Waals surface area (Å²) in [5, 5.41) is 2.55. The molecule has 0 atom stereocenters. The van der Waals surface area contributed by atoms with Crippen LogP contribution in [0.4, 0.5) is 5.69 Å². The fourth-order valence-corrected chi connectivity index (χ4v) is 5.80. The van der Waals surface area contributed by atoms with Crippen LogP contribution >= 0.6 is 0 Å². The summed E-state index contributed by atoms with van der Waals surface area (Å²) in [4.78, 5) is 24.4. The van der Waals surface area contributed by atoms with Crippen LogP contribution in [0.5, 0.6) is 0 Å². The summed E-state index contributed by atoms with van der Waals surface area (Å²) >= 11 is 0. The number of sulfonamides is 2. The van der Waals surface area contributed by atoms with Gasteiger partial charge in [-0.15, -0.1) is 0 Å². The number of amides is 1. The van der Waals surface area contributed by atoms with E-state index in [1.165, 1.54) is 32.9 Å². The Morgan fingerprint density at radius 2 is 1.59 bits per heavy atom. The maximum absolute atomic E-state index is 12.6. The zero-order valence-electron chi connectivity index (χ0n) is 17.7. The van der Waals surface area contributed by atoms with E-state index in [9.17, 15) is 26.4 Å². The molecular weight excluding hydrogens is 462 g/mol. The van der Waals surface area contributed by atoms with Gasteiger partial charge in [-0.25, -0.2) is 21.1 Å². The van der Waals surface area contributed by atoms with Gasteiger partial charge in [-0.2, -0.15) is 4.31 Å². The molecule has 1 aromatic carbocycles. The Morgan fingerprint density at radius 1 is 1.00 bits per heavy atom. The number of piperidine rings is 1. The Hall–Kier alpha value is -2.06. The molecule has 0 unspecified atom stereocenters. The molecule has 2 aliphatic heterocycles. The fraction of sp³-hybridized carbons (Fsp3) is 0.579. The van der Waals surface area contributed by atoms with Crippen molar-refractivity contribution in [2.45, 2.75) is 17.7 Å². The number of carbonyl (C=O) groups is 2. The van der Waals surface area contributed by atoms with Crippen LogP contribution < -0.4 is 5.32 Å². The van der Waals surface area contributed by atoms with E-state index in [0.717, 1.165) is 6.26 Å². The number of esters is 1. The Labute approximate surface area is 187 Å². The predicted octanol–water partition coefficient (Wildman–Crippen LogP) is -0.139. The van der Waals surface area contributed by atoms with Crippen molar-refractivity contribution in [3.05, 3.63) is 24.3 Å². The molecular formula is C19H27N3O8S2. The average Bonchev–Trinajstić information content (AvgIpc) is 2.78. The molecule has 2 saturated heterocycles. The molecule has 0 aromatic heterocycles. The number of morpholine rings is 1. The third-order valence-electron chi connectivity index (χ3n) is 5.35. The standard InChI is InChI=1S/C19H27N3O8S2/c1-31(25,26)21-8-6-15(7-9-21)19(24)30-14-18(23)20-16-2-4-17(5-3-16)32(27,28)22-10-12-29-13-11-22/h2-5,15H,6-14H2,1H3,(H,20,23). The summed E-state index contributed by atoms with van der Waals surface area (Å²) in [7, 11) is -6.91. The summed E-state index contributed by atoms with van der Waals surface area (Å²) in [6.45, 7) is 1.28.